The van der Waals surface area contributed by atoms with Crippen molar-refractivity contribution in [1.29, 1.82) is 0 Å². The van der Waals surface area contributed by atoms with E-state index in [9.17, 15) is 4.79 Å². The van der Waals surface area contributed by atoms with Crippen molar-refractivity contribution in [2.24, 2.45) is 11.8 Å². The van der Waals surface area contributed by atoms with Gasteiger partial charge in [-0.2, -0.15) is 0 Å². The van der Waals surface area contributed by atoms with Gasteiger partial charge in [-0.1, -0.05) is 17.8 Å². The van der Waals surface area contributed by atoms with Crippen LogP contribution in [0.4, 0.5) is 0 Å². The van der Waals surface area contributed by atoms with Gasteiger partial charge in [0.2, 0.25) is 0 Å². The molecule has 1 saturated carbocycles. The highest BCUT2D eigenvalue weighted by molar-refractivity contribution is 5.55. The Labute approximate surface area is 108 Å². The second-order valence-electron chi connectivity index (χ2n) is 4.60. The average Bonchev–Trinajstić information content (AvgIpc) is 2.97. The molecule has 3 heteroatoms. The van der Waals surface area contributed by atoms with Crippen molar-refractivity contribution >= 4 is 6.29 Å². The largest absolute Gasteiger partial charge is 0.347 e. The van der Waals surface area contributed by atoms with E-state index in [1.807, 2.05) is 0 Å². The van der Waals surface area contributed by atoms with Gasteiger partial charge >= 0.3 is 0 Å². The average molecular weight is 244 g/mol. The van der Waals surface area contributed by atoms with Crippen LogP contribution in [0.5, 0.6) is 0 Å². The third kappa shape index (κ3) is 2.82. The van der Waals surface area contributed by atoms with Crippen molar-refractivity contribution in [3.05, 3.63) is 12.2 Å². The topological polar surface area (TPSA) is 35.5 Å². The van der Waals surface area contributed by atoms with Gasteiger partial charge < -0.3 is 14.3 Å². The highest BCUT2D eigenvalue weighted by Gasteiger charge is 2.48. The summed E-state index contributed by atoms with van der Waals surface area (Å²) in [5.74, 6) is 7.95. The molecule has 0 aromatic carbocycles. The molecule has 18 heavy (non-hydrogen) atoms. The molecule has 0 aromatic rings. The summed E-state index contributed by atoms with van der Waals surface area (Å²) in [4.78, 5) is 11.1. The number of aldehydes is 1. The molecule has 2 atom stereocenters. The van der Waals surface area contributed by atoms with Crippen molar-refractivity contribution < 1.29 is 14.3 Å². The molecular weight excluding hydrogens is 228 g/mol. The predicted octanol–water partition coefficient (Wildman–Crippen LogP) is 1.54. The molecule has 0 radical (unpaired) electrons. The fraction of sp³-hybridized carbons (Fsp3) is 0.533. The maximum absolute atomic E-state index is 11.1. The zero-order chi connectivity index (χ0) is 12.8. The fourth-order valence-electron chi connectivity index (χ4n) is 2.61. The van der Waals surface area contributed by atoms with Crippen LogP contribution in [0.3, 0.4) is 0 Å². The molecule has 2 aliphatic rings. The van der Waals surface area contributed by atoms with Crippen LogP contribution in [0.2, 0.25) is 0 Å². The molecule has 1 saturated heterocycles. The molecule has 0 amide bonds. The third-order valence-electron chi connectivity index (χ3n) is 3.44. The van der Waals surface area contributed by atoms with Crippen LogP contribution in [0, 0.1) is 36.0 Å². The molecule has 0 unspecified atom stereocenters. The fourth-order valence-corrected chi connectivity index (χ4v) is 2.61. The first kappa shape index (κ1) is 12.9. The number of allylic oxidation sites excluding steroid dienone is 2. The van der Waals surface area contributed by atoms with E-state index >= 15 is 0 Å². The minimum atomic E-state index is -0.521. The van der Waals surface area contributed by atoms with Crippen molar-refractivity contribution in [1.82, 2.24) is 0 Å². The van der Waals surface area contributed by atoms with E-state index in [0.717, 1.165) is 12.7 Å². The number of rotatable bonds is 2. The standard InChI is InChI=1S/C15H16O3/c1-2-3-4-5-6-7-13-10-15(11-14(13)12-16)17-8-9-18-15/h1,3-4,12-14H,7-11H2/b4-3+/t13-,14+/m0/s1. The lowest BCUT2D eigenvalue weighted by atomic mass is 9.94. The summed E-state index contributed by atoms with van der Waals surface area (Å²) in [5.41, 5.74) is 0. The van der Waals surface area contributed by atoms with Gasteiger partial charge in [0.25, 0.3) is 0 Å². The van der Waals surface area contributed by atoms with E-state index in [2.05, 4.69) is 17.8 Å². The Balaban J connectivity index is 1.95. The van der Waals surface area contributed by atoms with Gasteiger partial charge in [0.1, 0.15) is 6.29 Å². The van der Waals surface area contributed by atoms with E-state index in [-0.39, 0.29) is 11.8 Å². The van der Waals surface area contributed by atoms with Gasteiger partial charge in [0.05, 0.1) is 13.2 Å². The smallest absolute Gasteiger partial charge is 0.169 e. The summed E-state index contributed by atoms with van der Waals surface area (Å²) in [6.07, 6.45) is 11.4. The van der Waals surface area contributed by atoms with Gasteiger partial charge in [0, 0.05) is 25.2 Å². The second kappa shape index (κ2) is 5.87. The summed E-state index contributed by atoms with van der Waals surface area (Å²) in [5, 5.41) is 0. The molecule has 2 fully saturated rings. The van der Waals surface area contributed by atoms with Gasteiger partial charge in [0.15, 0.2) is 5.79 Å². The van der Waals surface area contributed by atoms with Crippen LogP contribution in [0.15, 0.2) is 12.2 Å². The van der Waals surface area contributed by atoms with E-state index in [0.29, 0.717) is 26.1 Å². The van der Waals surface area contributed by atoms with Crippen LogP contribution in [-0.4, -0.2) is 25.3 Å². The zero-order valence-electron chi connectivity index (χ0n) is 10.2. The third-order valence-corrected chi connectivity index (χ3v) is 3.44. The molecule has 1 spiro atoms. The summed E-state index contributed by atoms with van der Waals surface area (Å²) in [6, 6.07) is 0. The maximum atomic E-state index is 11.1. The van der Waals surface area contributed by atoms with Crippen molar-refractivity contribution in [2.75, 3.05) is 13.2 Å². The van der Waals surface area contributed by atoms with Crippen LogP contribution in [0.25, 0.3) is 0 Å². The maximum Gasteiger partial charge on any atom is 0.169 e. The van der Waals surface area contributed by atoms with Crippen LogP contribution in [0.1, 0.15) is 19.3 Å². The monoisotopic (exact) mass is 244 g/mol. The molecule has 0 bridgehead atoms. The van der Waals surface area contributed by atoms with Crippen LogP contribution < -0.4 is 0 Å². The number of hydrogen-bond donors (Lipinski definition) is 0. The van der Waals surface area contributed by atoms with Gasteiger partial charge in [-0.05, 0) is 18.1 Å². The Bertz CT molecular complexity index is 427. The summed E-state index contributed by atoms with van der Waals surface area (Å²) < 4.78 is 11.3. The molecule has 1 aliphatic carbocycles. The van der Waals surface area contributed by atoms with Crippen molar-refractivity contribution in [2.45, 2.75) is 25.0 Å². The van der Waals surface area contributed by atoms with Crippen LogP contribution in [-0.2, 0) is 14.3 Å². The highest BCUT2D eigenvalue weighted by Crippen LogP contribution is 2.44. The molecule has 1 heterocycles. The van der Waals surface area contributed by atoms with Gasteiger partial charge in [-0.3, -0.25) is 0 Å². The predicted molar refractivity (Wildman–Crippen MR) is 67.3 cm³/mol. The molecule has 0 N–H and O–H groups in total. The normalized spacial score (nSPS) is 29.1. The SMILES string of the molecule is C#C/C=C/C#CC[C@H]1CC2(C[C@@H]1C=O)OCCO2. The van der Waals surface area contributed by atoms with Crippen molar-refractivity contribution in [3.63, 3.8) is 0 Å². The number of ether oxygens (including phenoxy) is 2. The Kier molecular flexibility index (Phi) is 4.20. The second-order valence-corrected chi connectivity index (χ2v) is 4.60. The quantitative estimate of drug-likeness (QED) is 0.546. The van der Waals surface area contributed by atoms with E-state index in [1.165, 1.54) is 0 Å². The molecular formula is C15H16O3. The minimum Gasteiger partial charge on any atom is -0.347 e. The first-order chi connectivity index (χ1) is 8.79. The summed E-state index contributed by atoms with van der Waals surface area (Å²) >= 11 is 0. The number of carbonyl (C=O) groups is 1. The molecule has 1 aliphatic heterocycles. The van der Waals surface area contributed by atoms with Crippen molar-refractivity contribution in [3.8, 4) is 24.2 Å². The lowest BCUT2D eigenvalue weighted by Gasteiger charge is -2.21. The lowest BCUT2D eigenvalue weighted by molar-refractivity contribution is -0.154. The van der Waals surface area contributed by atoms with Gasteiger partial charge in [-0.15, -0.1) is 6.42 Å². The van der Waals surface area contributed by atoms with E-state index in [4.69, 9.17) is 15.9 Å². The Morgan fingerprint density at radius 2 is 2.06 bits per heavy atom. The molecule has 2 rings (SSSR count). The number of hydrogen-bond acceptors (Lipinski definition) is 3. The lowest BCUT2D eigenvalue weighted by Crippen LogP contribution is -2.26. The number of carbonyl (C=O) groups excluding carboxylic acids is 1. The zero-order valence-corrected chi connectivity index (χ0v) is 10.2. The first-order valence-electron chi connectivity index (χ1n) is 6.12. The molecule has 0 aromatic heterocycles. The van der Waals surface area contributed by atoms with Crippen LogP contribution >= 0.6 is 0 Å². The Morgan fingerprint density at radius 1 is 1.28 bits per heavy atom. The first-order valence-corrected chi connectivity index (χ1v) is 6.12. The Hall–Kier alpha value is -1.55. The Morgan fingerprint density at radius 3 is 2.72 bits per heavy atom. The highest BCUT2D eigenvalue weighted by atomic mass is 16.7. The number of terminal acetylenes is 1. The summed E-state index contributed by atoms with van der Waals surface area (Å²) in [7, 11) is 0. The van der Waals surface area contributed by atoms with Gasteiger partial charge in [-0.25, -0.2) is 0 Å². The molecule has 3 nitrogen and oxygen atoms in total. The van der Waals surface area contributed by atoms with E-state index in [1.54, 1.807) is 12.2 Å². The molecule has 94 valence electrons. The van der Waals surface area contributed by atoms with E-state index < -0.39 is 5.79 Å². The minimum absolute atomic E-state index is 0.0194. The summed E-state index contributed by atoms with van der Waals surface area (Å²) in [6.45, 7) is 1.24.